The van der Waals surface area contributed by atoms with Crippen LogP contribution in [0.1, 0.15) is 0 Å². The predicted molar refractivity (Wildman–Crippen MR) is 157 cm³/mol. The number of phenols is 2. The quantitative estimate of drug-likeness (QED) is 0.145. The smallest absolute Gasteiger partial charge is 0.0964 e. The molecule has 7 rings (SSSR count). The van der Waals surface area contributed by atoms with E-state index in [2.05, 4.69) is 56.3 Å². The molecule has 0 saturated heterocycles. The fourth-order valence-electron chi connectivity index (χ4n) is 3.93. The fourth-order valence-corrected chi connectivity index (χ4v) is 3.93. The van der Waals surface area contributed by atoms with Gasteiger partial charge >= 0.3 is 0 Å². The van der Waals surface area contributed by atoms with Gasteiger partial charge < -0.3 is 20.2 Å². The molecule has 7 heteroatoms. The Labute approximate surface area is 251 Å². The van der Waals surface area contributed by atoms with Crippen molar-refractivity contribution < 1.29 is 30.3 Å². The standard InChI is InChI=1S/C12H8N2.2C11H8NO.Ir/c1-3-9-5-6-10-4-2-8-14-12(10)11(9)13-7-1;2*13-10-5-3-4-9(8-10)11-6-1-2-7-12-11;/h1-8H;2*1-3,5-8,13H;/q;2*-1;. The first-order valence-corrected chi connectivity index (χ1v) is 12.5. The van der Waals surface area contributed by atoms with Gasteiger partial charge in [-0.05, 0) is 35.7 Å². The van der Waals surface area contributed by atoms with Crippen LogP contribution < -0.4 is 0 Å². The topological polar surface area (TPSA) is 92.0 Å². The van der Waals surface area contributed by atoms with E-state index in [4.69, 9.17) is 0 Å². The van der Waals surface area contributed by atoms with Gasteiger partial charge in [0.15, 0.2) is 0 Å². The minimum absolute atomic E-state index is 0. The van der Waals surface area contributed by atoms with E-state index in [0.717, 1.165) is 44.3 Å². The Hall–Kier alpha value is -4.97. The van der Waals surface area contributed by atoms with Gasteiger partial charge in [0.25, 0.3) is 0 Å². The van der Waals surface area contributed by atoms with Crippen LogP contribution in [0.5, 0.6) is 11.5 Å². The van der Waals surface area contributed by atoms with E-state index in [1.807, 2.05) is 48.5 Å². The Morgan fingerprint density at radius 1 is 0.463 bits per heavy atom. The molecule has 0 saturated carbocycles. The van der Waals surface area contributed by atoms with Crippen LogP contribution in [0.3, 0.4) is 0 Å². The van der Waals surface area contributed by atoms with Crippen molar-refractivity contribution in [2.24, 2.45) is 0 Å². The zero-order valence-corrected chi connectivity index (χ0v) is 24.1. The third-order valence-electron chi connectivity index (χ3n) is 5.80. The first kappa shape index (κ1) is 29.0. The average Bonchev–Trinajstić information content (AvgIpc) is 3.02. The van der Waals surface area contributed by atoms with E-state index >= 15 is 0 Å². The van der Waals surface area contributed by atoms with Gasteiger partial charge in [-0.1, -0.05) is 48.5 Å². The van der Waals surface area contributed by atoms with E-state index in [1.165, 1.54) is 0 Å². The fraction of sp³-hybridized carbons (Fsp3) is 0. The van der Waals surface area contributed by atoms with Crippen molar-refractivity contribution in [3.8, 4) is 34.0 Å². The van der Waals surface area contributed by atoms with Crippen LogP contribution >= 0.6 is 0 Å². The molecule has 0 amide bonds. The van der Waals surface area contributed by atoms with Crippen molar-refractivity contribution in [2.45, 2.75) is 0 Å². The summed E-state index contributed by atoms with van der Waals surface area (Å²) in [5.41, 5.74) is 5.20. The molecule has 1 radical (unpaired) electrons. The van der Waals surface area contributed by atoms with Gasteiger partial charge in [-0.2, -0.15) is 0 Å². The van der Waals surface area contributed by atoms with Gasteiger partial charge in [0.1, 0.15) is 0 Å². The summed E-state index contributed by atoms with van der Waals surface area (Å²) in [7, 11) is 0. The monoisotopic (exact) mass is 713 g/mol. The molecule has 41 heavy (non-hydrogen) atoms. The largest absolute Gasteiger partial charge is 0.527 e. The molecule has 7 aromatic rings. The molecule has 0 aliphatic carbocycles. The Morgan fingerprint density at radius 3 is 1.29 bits per heavy atom. The summed E-state index contributed by atoms with van der Waals surface area (Å²) in [6.45, 7) is 0. The second-order valence-electron chi connectivity index (χ2n) is 8.57. The molecule has 6 nitrogen and oxygen atoms in total. The van der Waals surface area contributed by atoms with Gasteiger partial charge in [0.2, 0.25) is 0 Å². The van der Waals surface area contributed by atoms with Gasteiger partial charge in [-0.25, -0.2) is 0 Å². The summed E-state index contributed by atoms with van der Waals surface area (Å²) in [5, 5.41) is 20.7. The maximum Gasteiger partial charge on any atom is 0.0964 e. The number of pyridine rings is 4. The zero-order valence-electron chi connectivity index (χ0n) is 21.7. The number of aromatic hydroxyl groups is 2. The van der Waals surface area contributed by atoms with Crippen molar-refractivity contribution in [1.82, 2.24) is 19.9 Å². The maximum atomic E-state index is 9.23. The van der Waals surface area contributed by atoms with Gasteiger partial charge in [0, 0.05) is 67.2 Å². The molecule has 203 valence electrons. The number of nitrogens with zero attached hydrogens (tertiary/aromatic N) is 4. The number of rotatable bonds is 2. The third-order valence-corrected chi connectivity index (χ3v) is 5.80. The number of hydrogen-bond acceptors (Lipinski definition) is 6. The molecular weight excluding hydrogens is 689 g/mol. The van der Waals surface area contributed by atoms with Gasteiger partial charge in [-0.3, -0.25) is 9.97 Å². The van der Waals surface area contributed by atoms with Crippen molar-refractivity contribution in [3.63, 3.8) is 0 Å². The number of benzene rings is 3. The third kappa shape index (κ3) is 7.79. The van der Waals surface area contributed by atoms with Crippen LogP contribution in [0.2, 0.25) is 0 Å². The number of hydrogen-bond donors (Lipinski definition) is 2. The zero-order chi connectivity index (χ0) is 27.6. The molecule has 4 heterocycles. The molecule has 0 atom stereocenters. The number of phenolic OH excluding ortho intramolecular Hbond substituents is 2. The molecule has 0 unspecified atom stereocenters. The van der Waals surface area contributed by atoms with Crippen LogP contribution in [0.25, 0.3) is 44.3 Å². The first-order chi connectivity index (χ1) is 19.7. The second-order valence-corrected chi connectivity index (χ2v) is 8.57. The maximum absolute atomic E-state index is 9.23. The van der Waals surface area contributed by atoms with E-state index in [9.17, 15) is 10.2 Å². The average molecular weight is 713 g/mol. The van der Waals surface area contributed by atoms with Crippen LogP contribution in [-0.4, -0.2) is 30.1 Å². The molecule has 0 spiro atoms. The molecule has 3 aromatic carbocycles. The predicted octanol–water partition coefficient (Wildman–Crippen LogP) is 7.29. The number of fused-ring (bicyclic) bond motifs is 3. The Kier molecular flexibility index (Phi) is 10.2. The summed E-state index contributed by atoms with van der Waals surface area (Å²) in [5.74, 6) is 0.471. The molecule has 4 aromatic heterocycles. The summed E-state index contributed by atoms with van der Waals surface area (Å²) in [4.78, 5) is 17.0. The minimum Gasteiger partial charge on any atom is -0.527 e. The summed E-state index contributed by atoms with van der Waals surface area (Å²) in [6.07, 6.45) is 7.04. The minimum atomic E-state index is 0. The van der Waals surface area contributed by atoms with Crippen molar-refractivity contribution in [1.29, 1.82) is 0 Å². The van der Waals surface area contributed by atoms with E-state index in [-0.39, 0.29) is 31.6 Å². The van der Waals surface area contributed by atoms with E-state index in [1.54, 1.807) is 61.2 Å². The second kappa shape index (κ2) is 14.4. The van der Waals surface area contributed by atoms with E-state index in [0.29, 0.717) is 0 Å². The number of aromatic nitrogens is 4. The van der Waals surface area contributed by atoms with Gasteiger partial charge in [0.05, 0.1) is 11.0 Å². The normalized spacial score (nSPS) is 9.95. The van der Waals surface area contributed by atoms with Crippen LogP contribution in [-0.2, 0) is 20.1 Å². The Balaban J connectivity index is 0.000000140. The Morgan fingerprint density at radius 2 is 0.902 bits per heavy atom. The van der Waals surface area contributed by atoms with E-state index < -0.39 is 0 Å². The summed E-state index contributed by atoms with van der Waals surface area (Å²) >= 11 is 0. The molecule has 0 aliphatic rings. The van der Waals surface area contributed by atoms with Gasteiger partial charge in [-0.15, -0.1) is 59.7 Å². The van der Waals surface area contributed by atoms with Crippen molar-refractivity contribution in [3.05, 3.63) is 146 Å². The first-order valence-electron chi connectivity index (χ1n) is 12.5. The SMILES string of the molecule is Oc1cc[c-]c(-c2ccccn2)c1.Oc1cc[c-]c(-c2ccccn2)c1.[Ir].c1cnc2c(c1)ccc1cccnc12. The van der Waals surface area contributed by atoms with Crippen molar-refractivity contribution in [2.75, 3.05) is 0 Å². The molecule has 2 N–H and O–H groups in total. The Bertz CT molecular complexity index is 1700. The van der Waals surface area contributed by atoms with Crippen LogP contribution in [0, 0.1) is 12.1 Å². The molecule has 0 aliphatic heterocycles. The summed E-state index contributed by atoms with van der Waals surface area (Å²) < 4.78 is 0. The summed E-state index contributed by atoms with van der Waals surface area (Å²) in [6, 6.07) is 39.2. The molecule has 0 fully saturated rings. The van der Waals surface area contributed by atoms with Crippen LogP contribution in [0.15, 0.2) is 134 Å². The van der Waals surface area contributed by atoms with Crippen molar-refractivity contribution >= 4 is 21.8 Å². The van der Waals surface area contributed by atoms with Crippen LogP contribution in [0.4, 0.5) is 0 Å². The molecule has 0 bridgehead atoms. The molecular formula is C34H24IrN4O2-2.